The van der Waals surface area contributed by atoms with Crippen molar-refractivity contribution in [2.45, 2.75) is 33.2 Å². The fraction of sp³-hybridized carbons (Fsp3) is 0.375. The quantitative estimate of drug-likeness (QED) is 0.683. The molecule has 0 unspecified atom stereocenters. The highest BCUT2D eigenvalue weighted by Gasteiger charge is 2.24. The average molecular weight is 406 g/mol. The smallest absolute Gasteiger partial charge is 0.247 e. The van der Waals surface area contributed by atoms with Gasteiger partial charge < -0.3 is 14.2 Å². The Morgan fingerprint density at radius 1 is 1.03 bits per heavy atom. The molecule has 0 spiro atoms. The van der Waals surface area contributed by atoms with Crippen molar-refractivity contribution < 1.29 is 14.1 Å². The van der Waals surface area contributed by atoms with Crippen molar-refractivity contribution >= 4 is 5.91 Å². The van der Waals surface area contributed by atoms with Crippen LogP contribution < -0.4 is 4.90 Å². The van der Waals surface area contributed by atoms with Gasteiger partial charge in [-0.1, -0.05) is 47.5 Å². The van der Waals surface area contributed by atoms with E-state index in [1.165, 1.54) is 21.6 Å². The summed E-state index contributed by atoms with van der Waals surface area (Å²) >= 11 is 0. The number of aryl methyl sites for hydroxylation is 3. The van der Waals surface area contributed by atoms with Crippen molar-refractivity contribution in [3.05, 3.63) is 71.1 Å². The van der Waals surface area contributed by atoms with E-state index in [1.54, 1.807) is 0 Å². The van der Waals surface area contributed by atoms with Crippen molar-refractivity contribution in [3.8, 4) is 11.5 Å². The first-order valence-corrected chi connectivity index (χ1v) is 10.6. The summed E-state index contributed by atoms with van der Waals surface area (Å²) < 4.78 is 5.74. The zero-order chi connectivity index (χ0) is 20.9. The Bertz CT molecular complexity index is 988. The number of carbonyl (C=O) groups excluding carboxylic acids is 1. The first-order chi connectivity index (χ1) is 14.6. The van der Waals surface area contributed by atoms with E-state index < -0.39 is 0 Å². The van der Waals surface area contributed by atoms with Crippen molar-refractivity contribution in [1.29, 1.82) is 0 Å². The van der Waals surface area contributed by atoms with E-state index in [0.717, 1.165) is 38.3 Å². The van der Waals surface area contributed by atoms with Crippen molar-refractivity contribution in [2.24, 2.45) is 0 Å². The highest BCUT2D eigenvalue weighted by Crippen LogP contribution is 2.18. The van der Waals surface area contributed by atoms with E-state index in [9.17, 15) is 4.79 Å². The first-order valence-electron chi connectivity index (χ1n) is 10.6. The molecule has 1 aliphatic heterocycles. The first kappa shape index (κ1) is 20.3. The molecule has 0 aliphatic carbocycles. The number of aromatic nitrogens is 2. The summed E-state index contributed by atoms with van der Waals surface area (Å²) in [6, 6.07) is 16.7. The SMILES string of the molecule is Cc1ccc(-c2nnc(CCC(=O)N3CC[NH+](Cc4cccc(C)c4)CC3)o2)cc1. The molecule has 1 amide bonds. The molecule has 3 aromatic rings. The summed E-state index contributed by atoms with van der Waals surface area (Å²) in [7, 11) is 0. The van der Waals surface area contributed by atoms with Gasteiger partial charge in [0, 0.05) is 24.0 Å². The molecule has 30 heavy (non-hydrogen) atoms. The van der Waals surface area contributed by atoms with Crippen LogP contribution in [0.15, 0.2) is 52.9 Å². The monoisotopic (exact) mass is 405 g/mol. The average Bonchev–Trinajstić information content (AvgIpc) is 3.22. The second-order valence-electron chi connectivity index (χ2n) is 8.16. The fourth-order valence-electron chi connectivity index (χ4n) is 3.90. The third-order valence-corrected chi connectivity index (χ3v) is 5.68. The number of hydrogen-bond acceptors (Lipinski definition) is 4. The molecule has 1 saturated heterocycles. The maximum Gasteiger partial charge on any atom is 0.247 e. The van der Waals surface area contributed by atoms with Crippen molar-refractivity contribution in [1.82, 2.24) is 15.1 Å². The summed E-state index contributed by atoms with van der Waals surface area (Å²) in [5, 5.41) is 8.22. The van der Waals surface area contributed by atoms with Gasteiger partial charge in [-0.3, -0.25) is 4.79 Å². The molecule has 2 aromatic carbocycles. The lowest BCUT2D eigenvalue weighted by Crippen LogP contribution is -3.13. The molecule has 6 nitrogen and oxygen atoms in total. The van der Waals surface area contributed by atoms with Crippen LogP contribution in [0.1, 0.15) is 29.0 Å². The standard InChI is InChI=1S/C24H28N4O2/c1-18-6-8-21(9-7-18)24-26-25-22(30-24)10-11-23(29)28-14-12-27(13-15-28)17-20-5-3-4-19(2)16-20/h3-9,16H,10-15,17H2,1-2H3/p+1. The molecule has 1 aliphatic rings. The molecule has 4 rings (SSSR count). The normalized spacial score (nSPS) is 14.8. The lowest BCUT2D eigenvalue weighted by molar-refractivity contribution is -0.917. The third-order valence-electron chi connectivity index (χ3n) is 5.68. The van der Waals surface area contributed by atoms with Crippen LogP contribution in [0.4, 0.5) is 0 Å². The van der Waals surface area contributed by atoms with E-state index in [4.69, 9.17) is 4.42 Å². The summed E-state index contributed by atoms with van der Waals surface area (Å²) in [5.74, 6) is 1.19. The minimum atomic E-state index is 0.166. The number of benzene rings is 2. The van der Waals surface area contributed by atoms with Gasteiger partial charge in [-0.2, -0.15) is 0 Å². The van der Waals surface area contributed by atoms with Crippen LogP contribution in [-0.2, 0) is 17.8 Å². The fourth-order valence-corrected chi connectivity index (χ4v) is 3.90. The van der Waals surface area contributed by atoms with Gasteiger partial charge in [0.15, 0.2) is 0 Å². The summed E-state index contributed by atoms with van der Waals surface area (Å²) in [6.45, 7) is 8.76. The Morgan fingerprint density at radius 2 is 1.80 bits per heavy atom. The van der Waals surface area contributed by atoms with Crippen LogP contribution in [0.2, 0.25) is 0 Å². The van der Waals surface area contributed by atoms with Gasteiger partial charge in [-0.05, 0) is 26.0 Å². The molecule has 0 bridgehead atoms. The van der Waals surface area contributed by atoms with Crippen LogP contribution in [-0.4, -0.2) is 47.2 Å². The lowest BCUT2D eigenvalue weighted by atomic mass is 10.1. The maximum absolute atomic E-state index is 12.6. The third kappa shape index (κ3) is 5.13. The van der Waals surface area contributed by atoms with Crippen molar-refractivity contribution in [3.63, 3.8) is 0 Å². The van der Waals surface area contributed by atoms with Gasteiger partial charge >= 0.3 is 0 Å². The number of nitrogens with one attached hydrogen (secondary N) is 1. The van der Waals surface area contributed by atoms with Crippen LogP contribution in [0.25, 0.3) is 11.5 Å². The second kappa shape index (κ2) is 9.22. The molecule has 0 atom stereocenters. The molecule has 0 radical (unpaired) electrons. The van der Waals surface area contributed by atoms with E-state index in [2.05, 4.69) is 41.4 Å². The molecule has 1 N–H and O–H groups in total. The highest BCUT2D eigenvalue weighted by atomic mass is 16.4. The number of hydrogen-bond donors (Lipinski definition) is 1. The van der Waals surface area contributed by atoms with E-state index in [0.29, 0.717) is 24.6 Å². The summed E-state index contributed by atoms with van der Waals surface area (Å²) in [6.07, 6.45) is 0.886. The Labute approximate surface area is 177 Å². The number of carbonyl (C=O) groups is 1. The molecule has 1 aromatic heterocycles. The highest BCUT2D eigenvalue weighted by molar-refractivity contribution is 5.76. The van der Waals surface area contributed by atoms with Crippen LogP contribution in [0, 0.1) is 13.8 Å². The maximum atomic E-state index is 12.6. The van der Waals surface area contributed by atoms with Gasteiger partial charge in [0.1, 0.15) is 6.54 Å². The molecular weight excluding hydrogens is 376 g/mol. The Hall–Kier alpha value is -2.99. The zero-order valence-electron chi connectivity index (χ0n) is 17.7. The Balaban J connectivity index is 1.24. The number of quaternary nitrogens is 1. The number of nitrogens with zero attached hydrogens (tertiary/aromatic N) is 3. The number of piperazine rings is 1. The van der Waals surface area contributed by atoms with Crippen LogP contribution in [0.3, 0.4) is 0 Å². The van der Waals surface area contributed by atoms with Gasteiger partial charge in [-0.25, -0.2) is 0 Å². The van der Waals surface area contributed by atoms with Gasteiger partial charge in [0.2, 0.25) is 17.7 Å². The van der Waals surface area contributed by atoms with E-state index in [-0.39, 0.29) is 5.91 Å². The minimum Gasteiger partial charge on any atom is -0.421 e. The molecule has 1 fully saturated rings. The van der Waals surface area contributed by atoms with Crippen LogP contribution >= 0.6 is 0 Å². The van der Waals surface area contributed by atoms with Gasteiger partial charge in [-0.15, -0.1) is 10.2 Å². The van der Waals surface area contributed by atoms with E-state index in [1.807, 2.05) is 36.1 Å². The topological polar surface area (TPSA) is 63.7 Å². The van der Waals surface area contributed by atoms with E-state index >= 15 is 0 Å². The summed E-state index contributed by atoms with van der Waals surface area (Å²) in [4.78, 5) is 16.1. The molecule has 156 valence electrons. The largest absolute Gasteiger partial charge is 0.421 e. The van der Waals surface area contributed by atoms with Gasteiger partial charge in [0.05, 0.1) is 26.2 Å². The second-order valence-corrected chi connectivity index (χ2v) is 8.16. The van der Waals surface area contributed by atoms with Crippen molar-refractivity contribution in [2.75, 3.05) is 26.2 Å². The van der Waals surface area contributed by atoms with Crippen LogP contribution in [0.5, 0.6) is 0 Å². The Kier molecular flexibility index (Phi) is 6.23. The lowest BCUT2D eigenvalue weighted by Gasteiger charge is -2.32. The Morgan fingerprint density at radius 3 is 2.53 bits per heavy atom. The molecule has 2 heterocycles. The summed E-state index contributed by atoms with van der Waals surface area (Å²) in [5.41, 5.74) is 4.75. The molecule has 0 saturated carbocycles. The molecular formula is C24H29N4O2+. The van der Waals surface area contributed by atoms with Gasteiger partial charge in [0.25, 0.3) is 0 Å². The number of amides is 1. The zero-order valence-corrected chi connectivity index (χ0v) is 17.7. The predicted molar refractivity (Wildman–Crippen MR) is 115 cm³/mol. The number of rotatable bonds is 6. The molecule has 6 heteroatoms. The predicted octanol–water partition coefficient (Wildman–Crippen LogP) is 2.21. The minimum absolute atomic E-state index is 0.166.